The number of benzene rings is 1. The second-order valence-electron chi connectivity index (χ2n) is 4.25. The Hall–Kier alpha value is -2.12. The van der Waals surface area contributed by atoms with E-state index in [1.165, 1.54) is 35.9 Å². The van der Waals surface area contributed by atoms with Crippen LogP contribution in [0.25, 0.3) is 0 Å². The highest BCUT2D eigenvalue weighted by atomic mass is 32.2. The molecular weight excluding hydrogens is 292 g/mol. The van der Waals surface area contributed by atoms with Crippen molar-refractivity contribution in [2.45, 2.75) is 11.4 Å². The molecule has 6 nitrogen and oxygen atoms in total. The fraction of sp³-hybridized carbons (Fsp3) is 0.214. The molecule has 112 valence electrons. The summed E-state index contributed by atoms with van der Waals surface area (Å²) < 4.78 is 36.3. The standard InChI is InChI=1S/C14H16N2O4S/c1-3-9-16(11-12-8-10-20-15-12)21(17,18)14-6-4-13(19-2)5-7-14/h3-8,10H,1,9,11H2,2H3. The van der Waals surface area contributed by atoms with Crippen LogP contribution in [0.2, 0.25) is 0 Å². The largest absolute Gasteiger partial charge is 0.497 e. The van der Waals surface area contributed by atoms with Crippen molar-refractivity contribution in [2.75, 3.05) is 13.7 Å². The summed E-state index contributed by atoms with van der Waals surface area (Å²) in [5.74, 6) is 0.598. The molecule has 7 heteroatoms. The number of methoxy groups -OCH3 is 1. The van der Waals surface area contributed by atoms with E-state index in [2.05, 4.69) is 11.7 Å². The van der Waals surface area contributed by atoms with Crippen molar-refractivity contribution in [3.63, 3.8) is 0 Å². The van der Waals surface area contributed by atoms with Gasteiger partial charge in [0.15, 0.2) is 0 Å². The Morgan fingerprint density at radius 3 is 2.57 bits per heavy atom. The van der Waals surface area contributed by atoms with Crippen molar-refractivity contribution in [1.29, 1.82) is 0 Å². The van der Waals surface area contributed by atoms with E-state index in [4.69, 9.17) is 9.26 Å². The molecule has 0 aliphatic rings. The first-order chi connectivity index (χ1) is 10.1. The van der Waals surface area contributed by atoms with E-state index < -0.39 is 10.0 Å². The molecule has 1 heterocycles. The van der Waals surface area contributed by atoms with Crippen LogP contribution < -0.4 is 4.74 Å². The van der Waals surface area contributed by atoms with E-state index in [0.717, 1.165) is 0 Å². The lowest BCUT2D eigenvalue weighted by molar-refractivity contribution is 0.385. The van der Waals surface area contributed by atoms with Crippen molar-refractivity contribution in [2.24, 2.45) is 0 Å². The summed E-state index contributed by atoms with van der Waals surface area (Å²) in [4.78, 5) is 0.189. The fourth-order valence-corrected chi connectivity index (χ4v) is 3.17. The quantitative estimate of drug-likeness (QED) is 0.732. The van der Waals surface area contributed by atoms with E-state index in [0.29, 0.717) is 11.4 Å². The third-order valence-electron chi connectivity index (χ3n) is 2.86. The number of ether oxygens (including phenoxy) is 1. The van der Waals surface area contributed by atoms with Gasteiger partial charge in [-0.05, 0) is 24.3 Å². The predicted molar refractivity (Wildman–Crippen MR) is 77.3 cm³/mol. The van der Waals surface area contributed by atoms with Crippen molar-refractivity contribution >= 4 is 10.0 Å². The first-order valence-electron chi connectivity index (χ1n) is 6.22. The van der Waals surface area contributed by atoms with Gasteiger partial charge in [-0.15, -0.1) is 6.58 Å². The first kappa shape index (κ1) is 15.3. The average Bonchev–Trinajstić information content (AvgIpc) is 3.00. The van der Waals surface area contributed by atoms with Crippen molar-refractivity contribution < 1.29 is 17.7 Å². The number of nitrogens with zero attached hydrogens (tertiary/aromatic N) is 2. The molecular formula is C14H16N2O4S. The molecule has 2 rings (SSSR count). The Morgan fingerprint density at radius 1 is 1.33 bits per heavy atom. The van der Waals surface area contributed by atoms with E-state index >= 15 is 0 Å². The van der Waals surface area contributed by atoms with Gasteiger partial charge in [0, 0.05) is 12.6 Å². The third-order valence-corrected chi connectivity index (χ3v) is 4.69. The Balaban J connectivity index is 2.29. The second kappa shape index (κ2) is 6.55. The predicted octanol–water partition coefficient (Wildman–Crippen LogP) is 2.06. The Bertz CT molecular complexity index is 678. The molecule has 2 aromatic rings. The molecule has 1 aromatic carbocycles. The average molecular weight is 308 g/mol. The molecule has 0 saturated carbocycles. The van der Waals surface area contributed by atoms with Crippen molar-refractivity contribution in [3.05, 3.63) is 54.9 Å². The molecule has 0 saturated heterocycles. The molecule has 0 aliphatic carbocycles. The highest BCUT2D eigenvalue weighted by Crippen LogP contribution is 2.20. The number of hydrogen-bond acceptors (Lipinski definition) is 5. The third kappa shape index (κ3) is 3.50. The Morgan fingerprint density at radius 2 is 2.05 bits per heavy atom. The van der Waals surface area contributed by atoms with Gasteiger partial charge in [0.2, 0.25) is 10.0 Å². The number of hydrogen-bond donors (Lipinski definition) is 0. The normalized spacial score (nSPS) is 11.5. The van der Waals surface area contributed by atoms with Gasteiger partial charge in [-0.25, -0.2) is 8.42 Å². The molecule has 0 N–H and O–H groups in total. The molecule has 0 bridgehead atoms. The summed E-state index contributed by atoms with van der Waals surface area (Å²) in [7, 11) is -2.11. The van der Waals surface area contributed by atoms with Crippen LogP contribution in [-0.4, -0.2) is 31.5 Å². The van der Waals surface area contributed by atoms with Gasteiger partial charge in [-0.1, -0.05) is 11.2 Å². The van der Waals surface area contributed by atoms with E-state index in [9.17, 15) is 8.42 Å². The molecule has 0 atom stereocenters. The van der Waals surface area contributed by atoms with Gasteiger partial charge in [-0.2, -0.15) is 4.31 Å². The fourth-order valence-electron chi connectivity index (χ4n) is 1.79. The van der Waals surface area contributed by atoms with Crippen LogP contribution >= 0.6 is 0 Å². The van der Waals surface area contributed by atoms with Crippen LogP contribution in [0.5, 0.6) is 5.75 Å². The lowest BCUT2D eigenvalue weighted by Crippen LogP contribution is -2.31. The highest BCUT2D eigenvalue weighted by molar-refractivity contribution is 7.89. The lowest BCUT2D eigenvalue weighted by atomic mass is 10.3. The zero-order valence-corrected chi connectivity index (χ0v) is 12.4. The number of rotatable bonds is 7. The minimum atomic E-state index is -3.64. The van der Waals surface area contributed by atoms with Crippen LogP contribution in [0.1, 0.15) is 5.69 Å². The van der Waals surface area contributed by atoms with E-state index in [1.807, 2.05) is 0 Å². The summed E-state index contributed by atoms with van der Waals surface area (Å²) in [5, 5.41) is 3.74. The van der Waals surface area contributed by atoms with Gasteiger partial charge >= 0.3 is 0 Å². The zero-order chi connectivity index (χ0) is 15.3. The zero-order valence-electron chi connectivity index (χ0n) is 11.6. The summed E-state index contributed by atoms with van der Waals surface area (Å²) >= 11 is 0. The molecule has 0 fully saturated rings. The number of aromatic nitrogens is 1. The number of sulfonamides is 1. The molecule has 1 aromatic heterocycles. The molecule has 0 aliphatic heterocycles. The van der Waals surface area contributed by atoms with Crippen molar-refractivity contribution in [1.82, 2.24) is 9.46 Å². The first-order valence-corrected chi connectivity index (χ1v) is 7.66. The second-order valence-corrected chi connectivity index (χ2v) is 6.19. The van der Waals surface area contributed by atoms with Crippen LogP contribution in [0.3, 0.4) is 0 Å². The molecule has 21 heavy (non-hydrogen) atoms. The van der Waals surface area contributed by atoms with Crippen LogP contribution in [0.4, 0.5) is 0 Å². The van der Waals surface area contributed by atoms with Gasteiger partial charge in [0.05, 0.1) is 24.2 Å². The topological polar surface area (TPSA) is 72.6 Å². The van der Waals surface area contributed by atoms with Gasteiger partial charge in [0.25, 0.3) is 0 Å². The SMILES string of the molecule is C=CCN(Cc1ccon1)S(=O)(=O)c1ccc(OC)cc1. The summed E-state index contributed by atoms with van der Waals surface area (Å²) in [6.45, 7) is 3.90. The van der Waals surface area contributed by atoms with Gasteiger partial charge < -0.3 is 9.26 Å². The summed E-state index contributed by atoms with van der Waals surface area (Å²) in [6, 6.07) is 7.85. The smallest absolute Gasteiger partial charge is 0.243 e. The Labute approximate surface area is 123 Å². The Kier molecular flexibility index (Phi) is 4.77. The summed E-state index contributed by atoms with van der Waals surface area (Å²) in [5.41, 5.74) is 0.536. The maximum absolute atomic E-state index is 12.6. The molecule has 0 unspecified atom stereocenters. The highest BCUT2D eigenvalue weighted by Gasteiger charge is 2.24. The van der Waals surface area contributed by atoms with E-state index in [1.54, 1.807) is 18.2 Å². The molecule has 0 amide bonds. The maximum atomic E-state index is 12.6. The minimum Gasteiger partial charge on any atom is -0.497 e. The van der Waals surface area contributed by atoms with E-state index in [-0.39, 0.29) is 18.0 Å². The van der Waals surface area contributed by atoms with Crippen LogP contribution in [-0.2, 0) is 16.6 Å². The molecule has 0 radical (unpaired) electrons. The van der Waals surface area contributed by atoms with Gasteiger partial charge in [0.1, 0.15) is 12.0 Å². The monoisotopic (exact) mass is 308 g/mol. The van der Waals surface area contributed by atoms with Crippen molar-refractivity contribution in [3.8, 4) is 5.75 Å². The maximum Gasteiger partial charge on any atom is 0.243 e. The molecule has 0 spiro atoms. The minimum absolute atomic E-state index is 0.122. The lowest BCUT2D eigenvalue weighted by Gasteiger charge is -2.19. The summed E-state index contributed by atoms with van der Waals surface area (Å²) in [6.07, 6.45) is 2.93. The van der Waals surface area contributed by atoms with Crippen LogP contribution in [0, 0.1) is 0 Å². The van der Waals surface area contributed by atoms with Gasteiger partial charge in [-0.3, -0.25) is 0 Å². The van der Waals surface area contributed by atoms with Crippen LogP contribution in [0.15, 0.2) is 58.7 Å².